The van der Waals surface area contributed by atoms with Gasteiger partial charge in [-0.2, -0.15) is 0 Å². The molecule has 0 saturated heterocycles. The van der Waals surface area contributed by atoms with Gasteiger partial charge in [-0.3, -0.25) is 9.59 Å². The fourth-order valence-corrected chi connectivity index (χ4v) is 3.71. The lowest BCUT2D eigenvalue weighted by Gasteiger charge is -2.16. The summed E-state index contributed by atoms with van der Waals surface area (Å²) in [6.07, 6.45) is 1.84. The van der Waals surface area contributed by atoms with E-state index in [0.29, 0.717) is 34.8 Å². The molecular formula is C26H29NO9. The highest BCUT2D eigenvalue weighted by molar-refractivity contribution is 6.14. The van der Waals surface area contributed by atoms with E-state index in [1.165, 1.54) is 45.6 Å². The Kier molecular flexibility index (Phi) is 8.42. The summed E-state index contributed by atoms with van der Waals surface area (Å²) >= 11 is 0. The molecule has 192 valence electrons. The normalized spacial score (nSPS) is 14.2. The fourth-order valence-electron chi connectivity index (χ4n) is 3.71. The van der Waals surface area contributed by atoms with Crippen molar-refractivity contribution < 1.29 is 43.2 Å². The number of hydrogen-bond donors (Lipinski definition) is 2. The number of benzene rings is 2. The van der Waals surface area contributed by atoms with Gasteiger partial charge in [-0.25, -0.2) is 4.79 Å². The lowest BCUT2D eigenvalue weighted by atomic mass is 10.0. The van der Waals surface area contributed by atoms with Crippen molar-refractivity contribution in [1.82, 2.24) is 5.32 Å². The van der Waals surface area contributed by atoms with Crippen molar-refractivity contribution in [3.8, 4) is 28.7 Å². The number of carboxylic acid groups (broad SMARTS) is 1. The van der Waals surface area contributed by atoms with Crippen LogP contribution in [0.4, 0.5) is 0 Å². The van der Waals surface area contributed by atoms with E-state index >= 15 is 0 Å². The molecule has 2 aromatic rings. The third-order valence-corrected chi connectivity index (χ3v) is 5.37. The largest absolute Gasteiger partial charge is 0.493 e. The van der Waals surface area contributed by atoms with Crippen LogP contribution in [0.5, 0.6) is 28.7 Å². The molecular weight excluding hydrogens is 470 g/mol. The predicted octanol–water partition coefficient (Wildman–Crippen LogP) is 3.32. The molecule has 0 radical (unpaired) electrons. The first-order valence-electron chi connectivity index (χ1n) is 11.2. The third-order valence-electron chi connectivity index (χ3n) is 5.37. The van der Waals surface area contributed by atoms with Crippen LogP contribution in [0.1, 0.15) is 36.2 Å². The molecule has 0 fully saturated rings. The topological polar surface area (TPSA) is 130 Å². The number of hydrogen-bond acceptors (Lipinski definition) is 8. The van der Waals surface area contributed by atoms with Gasteiger partial charge in [-0.1, -0.05) is 13.8 Å². The first kappa shape index (κ1) is 26.4. The second-order valence-electron chi connectivity index (χ2n) is 8.40. The number of nitrogens with one attached hydrogen (secondary N) is 1. The summed E-state index contributed by atoms with van der Waals surface area (Å²) in [6.45, 7) is 3.35. The van der Waals surface area contributed by atoms with Gasteiger partial charge in [0.2, 0.25) is 11.5 Å². The number of aliphatic carboxylic acids is 1. The highest BCUT2D eigenvalue weighted by Crippen LogP contribution is 2.42. The molecule has 36 heavy (non-hydrogen) atoms. The van der Waals surface area contributed by atoms with Gasteiger partial charge in [-0.15, -0.1) is 0 Å². The van der Waals surface area contributed by atoms with E-state index in [2.05, 4.69) is 5.32 Å². The van der Waals surface area contributed by atoms with Crippen molar-refractivity contribution >= 4 is 23.7 Å². The second-order valence-corrected chi connectivity index (χ2v) is 8.40. The van der Waals surface area contributed by atoms with E-state index < -0.39 is 17.9 Å². The minimum absolute atomic E-state index is 0.0726. The van der Waals surface area contributed by atoms with Crippen molar-refractivity contribution in [3.05, 3.63) is 47.2 Å². The second kappa shape index (κ2) is 11.5. The maximum Gasteiger partial charge on any atom is 0.326 e. The number of rotatable bonds is 11. The molecule has 1 aliphatic heterocycles. The van der Waals surface area contributed by atoms with Crippen LogP contribution in [0.15, 0.2) is 36.1 Å². The van der Waals surface area contributed by atoms with Gasteiger partial charge in [0.1, 0.15) is 17.5 Å². The van der Waals surface area contributed by atoms with Crippen molar-refractivity contribution in [2.45, 2.75) is 26.3 Å². The Morgan fingerprint density at radius 2 is 1.78 bits per heavy atom. The number of ether oxygens (including phenoxy) is 5. The smallest absolute Gasteiger partial charge is 0.326 e. The standard InChI is InChI=1S/C26H29NO9/c1-14(2)10-18(26(30)31)27-22(28)13-35-16-7-8-17-20(12-16)36-21(23(17)29)11-15-6-9-19(32-3)25(34-5)24(15)33-4/h6-9,11-12,14,18H,10,13H2,1-5H3,(H,27,28)(H,30,31)/t18-/m0/s1. The number of carboxylic acids is 1. The van der Waals surface area contributed by atoms with Gasteiger partial charge in [-0.05, 0) is 42.7 Å². The van der Waals surface area contributed by atoms with Gasteiger partial charge < -0.3 is 34.1 Å². The maximum atomic E-state index is 12.9. The fraction of sp³-hybridized carbons (Fsp3) is 0.346. The number of Topliss-reactive ketones (excluding diaryl/α,β-unsaturated/α-hetero) is 1. The lowest BCUT2D eigenvalue weighted by Crippen LogP contribution is -2.43. The third kappa shape index (κ3) is 5.88. The molecule has 1 atom stereocenters. The molecule has 2 N–H and O–H groups in total. The molecule has 1 heterocycles. The van der Waals surface area contributed by atoms with E-state index in [0.717, 1.165) is 0 Å². The quantitative estimate of drug-likeness (QED) is 0.447. The molecule has 0 unspecified atom stereocenters. The van der Waals surface area contributed by atoms with Gasteiger partial charge in [0.05, 0.1) is 26.9 Å². The average molecular weight is 500 g/mol. The minimum Gasteiger partial charge on any atom is -0.493 e. The number of carbonyl (C=O) groups is 3. The Bertz CT molecular complexity index is 1190. The molecule has 1 amide bonds. The first-order valence-corrected chi connectivity index (χ1v) is 11.2. The number of fused-ring (bicyclic) bond motifs is 1. The van der Waals surface area contributed by atoms with E-state index in [1.807, 2.05) is 13.8 Å². The van der Waals surface area contributed by atoms with Gasteiger partial charge >= 0.3 is 5.97 Å². The number of amides is 1. The highest BCUT2D eigenvalue weighted by atomic mass is 16.5. The summed E-state index contributed by atoms with van der Waals surface area (Å²) in [5, 5.41) is 11.7. The van der Waals surface area contributed by atoms with E-state index in [4.69, 9.17) is 23.7 Å². The molecule has 0 aromatic heterocycles. The monoisotopic (exact) mass is 499 g/mol. The highest BCUT2D eigenvalue weighted by Gasteiger charge is 2.29. The van der Waals surface area contributed by atoms with Crippen LogP contribution >= 0.6 is 0 Å². The molecule has 3 rings (SSSR count). The van der Waals surface area contributed by atoms with Crippen molar-refractivity contribution in [1.29, 1.82) is 0 Å². The number of carbonyl (C=O) groups excluding carboxylic acids is 2. The zero-order chi connectivity index (χ0) is 26.4. The summed E-state index contributed by atoms with van der Waals surface area (Å²) in [5.74, 6) is -0.0397. The molecule has 2 aromatic carbocycles. The van der Waals surface area contributed by atoms with Crippen molar-refractivity contribution in [2.75, 3.05) is 27.9 Å². The van der Waals surface area contributed by atoms with Crippen LogP contribution < -0.4 is 29.0 Å². The van der Waals surface area contributed by atoms with E-state index in [-0.39, 0.29) is 35.6 Å². The summed E-state index contributed by atoms with van der Waals surface area (Å²) in [7, 11) is 4.47. The van der Waals surface area contributed by atoms with Gasteiger partial charge in [0.25, 0.3) is 5.91 Å². The summed E-state index contributed by atoms with van der Waals surface area (Å²) < 4.78 is 27.4. The Morgan fingerprint density at radius 1 is 1.06 bits per heavy atom. The van der Waals surface area contributed by atoms with Crippen LogP contribution in [-0.4, -0.2) is 56.7 Å². The van der Waals surface area contributed by atoms with Crippen LogP contribution in [-0.2, 0) is 9.59 Å². The predicted molar refractivity (Wildman–Crippen MR) is 130 cm³/mol. The Morgan fingerprint density at radius 3 is 2.39 bits per heavy atom. The SMILES string of the molecule is COc1ccc(C=C2Oc3cc(OCC(=O)N[C@@H](CC(C)C)C(=O)O)ccc3C2=O)c(OC)c1OC. The Labute approximate surface area is 208 Å². The van der Waals surface area contributed by atoms with Gasteiger partial charge in [0.15, 0.2) is 23.9 Å². The minimum atomic E-state index is -1.10. The first-order chi connectivity index (χ1) is 17.2. The number of ketones is 1. The molecule has 10 nitrogen and oxygen atoms in total. The lowest BCUT2D eigenvalue weighted by molar-refractivity contribution is -0.142. The Hall–Kier alpha value is -4.21. The maximum absolute atomic E-state index is 12.9. The summed E-state index contributed by atoms with van der Waals surface area (Å²) in [5.41, 5.74) is 0.884. The molecule has 1 aliphatic rings. The molecule has 0 bridgehead atoms. The van der Waals surface area contributed by atoms with E-state index in [1.54, 1.807) is 12.1 Å². The number of methoxy groups -OCH3 is 3. The van der Waals surface area contributed by atoms with Gasteiger partial charge in [0, 0.05) is 11.6 Å². The van der Waals surface area contributed by atoms with Crippen LogP contribution in [0.25, 0.3) is 6.08 Å². The molecule has 10 heteroatoms. The van der Waals surface area contributed by atoms with Crippen LogP contribution in [0, 0.1) is 5.92 Å². The summed E-state index contributed by atoms with van der Waals surface area (Å²) in [6, 6.07) is 6.97. The van der Waals surface area contributed by atoms with Crippen molar-refractivity contribution in [3.63, 3.8) is 0 Å². The van der Waals surface area contributed by atoms with Crippen LogP contribution in [0.2, 0.25) is 0 Å². The Balaban J connectivity index is 1.73. The zero-order valence-corrected chi connectivity index (χ0v) is 20.7. The van der Waals surface area contributed by atoms with Crippen LogP contribution in [0.3, 0.4) is 0 Å². The van der Waals surface area contributed by atoms with Crippen molar-refractivity contribution in [2.24, 2.45) is 5.92 Å². The number of allylic oxidation sites excluding steroid dienone is 1. The van der Waals surface area contributed by atoms with E-state index in [9.17, 15) is 19.5 Å². The summed E-state index contributed by atoms with van der Waals surface area (Å²) in [4.78, 5) is 36.4. The molecule has 0 aliphatic carbocycles. The molecule has 0 spiro atoms. The average Bonchev–Trinajstić information content (AvgIpc) is 3.15. The molecule has 0 saturated carbocycles. The zero-order valence-electron chi connectivity index (χ0n) is 20.7.